The predicted octanol–water partition coefficient (Wildman–Crippen LogP) is 2.05. The average molecular weight is 412 g/mol. The molecule has 0 saturated heterocycles. The average Bonchev–Trinajstić information content (AvgIpc) is 3.20. The second-order valence-corrected chi connectivity index (χ2v) is 6.41. The molecule has 0 unspecified atom stereocenters. The molecule has 0 aliphatic carbocycles. The fourth-order valence-electron chi connectivity index (χ4n) is 3.17. The van der Waals surface area contributed by atoms with Crippen LogP contribution in [0.2, 0.25) is 0 Å². The summed E-state index contributed by atoms with van der Waals surface area (Å²) in [5, 5.41) is 15.0. The van der Waals surface area contributed by atoms with Gasteiger partial charge in [0.15, 0.2) is 28.9 Å². The van der Waals surface area contributed by atoms with Crippen LogP contribution >= 0.6 is 0 Å². The summed E-state index contributed by atoms with van der Waals surface area (Å²) >= 11 is 0. The summed E-state index contributed by atoms with van der Waals surface area (Å²) in [5.41, 5.74) is 1.82. The standard InChI is InChI=1S/C21H28N6O3/c1-5-22-21(24-14-18-26-25-17-8-6-7-13-27(17)18)23-12-11-15-9-10-16(28-2)20(30-4)19(15)29-3/h6-10,13H,5,11-12,14H2,1-4H3,(H2,22,23,24). The highest BCUT2D eigenvalue weighted by Crippen LogP contribution is 2.39. The number of hydrogen-bond donors (Lipinski definition) is 2. The monoisotopic (exact) mass is 412 g/mol. The van der Waals surface area contributed by atoms with Crippen LogP contribution in [-0.4, -0.2) is 55.0 Å². The topological polar surface area (TPSA) is 94.3 Å². The summed E-state index contributed by atoms with van der Waals surface area (Å²) in [7, 11) is 4.84. The first-order valence-corrected chi connectivity index (χ1v) is 9.80. The van der Waals surface area contributed by atoms with Crippen molar-refractivity contribution in [2.45, 2.75) is 19.9 Å². The van der Waals surface area contributed by atoms with Crippen molar-refractivity contribution in [1.82, 2.24) is 25.2 Å². The van der Waals surface area contributed by atoms with E-state index in [1.165, 1.54) is 0 Å². The number of nitrogens with zero attached hydrogens (tertiary/aromatic N) is 4. The van der Waals surface area contributed by atoms with Crippen LogP contribution in [-0.2, 0) is 13.0 Å². The van der Waals surface area contributed by atoms with Gasteiger partial charge >= 0.3 is 0 Å². The number of aromatic nitrogens is 3. The molecule has 0 radical (unpaired) electrons. The number of hydrogen-bond acceptors (Lipinski definition) is 6. The van der Waals surface area contributed by atoms with Crippen LogP contribution in [0.15, 0.2) is 41.5 Å². The minimum absolute atomic E-state index is 0.417. The minimum atomic E-state index is 0.417. The van der Waals surface area contributed by atoms with E-state index >= 15 is 0 Å². The van der Waals surface area contributed by atoms with E-state index in [1.54, 1.807) is 21.3 Å². The van der Waals surface area contributed by atoms with E-state index < -0.39 is 0 Å². The van der Waals surface area contributed by atoms with Gasteiger partial charge in [-0.05, 0) is 31.5 Å². The summed E-state index contributed by atoms with van der Waals surface area (Å²) in [6.07, 6.45) is 2.66. The number of ether oxygens (including phenoxy) is 3. The lowest BCUT2D eigenvalue weighted by atomic mass is 10.1. The van der Waals surface area contributed by atoms with Gasteiger partial charge < -0.3 is 24.8 Å². The van der Waals surface area contributed by atoms with Gasteiger partial charge in [0.25, 0.3) is 0 Å². The lowest BCUT2D eigenvalue weighted by molar-refractivity contribution is 0.322. The van der Waals surface area contributed by atoms with Gasteiger partial charge in [0.2, 0.25) is 5.75 Å². The van der Waals surface area contributed by atoms with Gasteiger partial charge in [-0.3, -0.25) is 4.40 Å². The van der Waals surface area contributed by atoms with Gasteiger partial charge in [-0.15, -0.1) is 10.2 Å². The Kier molecular flexibility index (Phi) is 7.31. The first-order valence-electron chi connectivity index (χ1n) is 9.80. The second kappa shape index (κ2) is 10.3. The van der Waals surface area contributed by atoms with Crippen LogP contribution in [0.5, 0.6) is 17.2 Å². The molecular weight excluding hydrogens is 384 g/mol. The van der Waals surface area contributed by atoms with E-state index in [9.17, 15) is 0 Å². The van der Waals surface area contributed by atoms with Gasteiger partial charge in [0.05, 0.1) is 21.3 Å². The molecule has 2 aromatic heterocycles. The van der Waals surface area contributed by atoms with E-state index in [0.29, 0.717) is 36.3 Å². The van der Waals surface area contributed by atoms with Crippen LogP contribution < -0.4 is 24.8 Å². The van der Waals surface area contributed by atoms with E-state index in [-0.39, 0.29) is 0 Å². The summed E-state index contributed by atoms with van der Waals surface area (Å²) in [6, 6.07) is 9.66. The fourth-order valence-corrected chi connectivity index (χ4v) is 3.17. The zero-order chi connectivity index (χ0) is 21.3. The van der Waals surface area contributed by atoms with Crippen molar-refractivity contribution < 1.29 is 14.2 Å². The smallest absolute Gasteiger partial charge is 0.203 e. The highest BCUT2D eigenvalue weighted by atomic mass is 16.5. The third kappa shape index (κ3) is 4.73. The first-order chi connectivity index (χ1) is 14.7. The van der Waals surface area contributed by atoms with Crippen molar-refractivity contribution >= 4 is 11.6 Å². The number of aliphatic imine (C=N–C) groups is 1. The molecular formula is C21H28N6O3. The van der Waals surface area contributed by atoms with Crippen molar-refractivity contribution in [3.05, 3.63) is 47.9 Å². The minimum Gasteiger partial charge on any atom is -0.493 e. The highest BCUT2D eigenvalue weighted by molar-refractivity contribution is 5.79. The maximum Gasteiger partial charge on any atom is 0.203 e. The molecule has 9 heteroatoms. The molecule has 160 valence electrons. The lowest BCUT2D eigenvalue weighted by Gasteiger charge is -2.16. The lowest BCUT2D eigenvalue weighted by Crippen LogP contribution is -2.38. The Morgan fingerprint density at radius 1 is 1.00 bits per heavy atom. The molecule has 9 nitrogen and oxygen atoms in total. The van der Waals surface area contributed by atoms with Crippen LogP contribution in [0.4, 0.5) is 0 Å². The SMILES string of the molecule is CCNC(=NCc1nnc2ccccn12)NCCc1ccc(OC)c(OC)c1OC. The van der Waals surface area contributed by atoms with Gasteiger partial charge in [-0.1, -0.05) is 12.1 Å². The molecule has 0 saturated carbocycles. The second-order valence-electron chi connectivity index (χ2n) is 6.41. The van der Waals surface area contributed by atoms with Crippen LogP contribution in [0, 0.1) is 0 Å². The highest BCUT2D eigenvalue weighted by Gasteiger charge is 2.15. The molecule has 0 fully saturated rings. The first kappa shape index (κ1) is 21.2. The number of nitrogens with one attached hydrogen (secondary N) is 2. The maximum atomic E-state index is 5.56. The Morgan fingerprint density at radius 3 is 2.57 bits per heavy atom. The van der Waals surface area contributed by atoms with Crippen molar-refractivity contribution in [2.24, 2.45) is 4.99 Å². The Morgan fingerprint density at radius 2 is 1.83 bits per heavy atom. The molecule has 2 heterocycles. The number of pyridine rings is 1. The van der Waals surface area contributed by atoms with E-state index in [2.05, 4.69) is 25.8 Å². The summed E-state index contributed by atoms with van der Waals surface area (Å²) < 4.78 is 18.3. The number of guanidine groups is 1. The van der Waals surface area contributed by atoms with Crippen LogP contribution in [0.3, 0.4) is 0 Å². The summed E-state index contributed by atoms with van der Waals surface area (Å²) in [5.74, 6) is 3.41. The fraction of sp³-hybridized carbons (Fsp3) is 0.381. The molecule has 2 N–H and O–H groups in total. The molecule has 0 amide bonds. The van der Waals surface area contributed by atoms with Gasteiger partial charge in [0.1, 0.15) is 6.54 Å². The molecule has 0 spiro atoms. The molecule has 0 atom stereocenters. The quantitative estimate of drug-likeness (QED) is 0.410. The van der Waals surface area contributed by atoms with Gasteiger partial charge in [-0.25, -0.2) is 4.99 Å². The largest absolute Gasteiger partial charge is 0.493 e. The molecule has 3 rings (SSSR count). The third-order valence-electron chi connectivity index (χ3n) is 4.58. The van der Waals surface area contributed by atoms with E-state index in [4.69, 9.17) is 14.2 Å². The summed E-state index contributed by atoms with van der Waals surface area (Å²) in [4.78, 5) is 4.64. The van der Waals surface area contributed by atoms with Crippen LogP contribution in [0.1, 0.15) is 18.3 Å². The summed E-state index contributed by atoms with van der Waals surface area (Å²) in [6.45, 7) is 3.87. The molecule has 3 aromatic rings. The van der Waals surface area contributed by atoms with E-state index in [1.807, 2.05) is 47.9 Å². The Labute approximate surface area is 176 Å². The molecule has 0 bridgehead atoms. The molecule has 30 heavy (non-hydrogen) atoms. The number of fused-ring (bicyclic) bond motifs is 1. The van der Waals surface area contributed by atoms with Crippen LogP contribution in [0.25, 0.3) is 5.65 Å². The van der Waals surface area contributed by atoms with Crippen molar-refractivity contribution in [2.75, 3.05) is 34.4 Å². The van der Waals surface area contributed by atoms with Gasteiger partial charge in [-0.2, -0.15) is 0 Å². The predicted molar refractivity (Wildman–Crippen MR) is 116 cm³/mol. The number of benzene rings is 1. The maximum absolute atomic E-state index is 5.56. The van der Waals surface area contributed by atoms with E-state index in [0.717, 1.165) is 30.0 Å². The Balaban J connectivity index is 1.67. The third-order valence-corrected chi connectivity index (χ3v) is 4.58. The normalized spacial score (nSPS) is 11.4. The zero-order valence-corrected chi connectivity index (χ0v) is 17.8. The zero-order valence-electron chi connectivity index (χ0n) is 17.8. The number of rotatable bonds is 9. The van der Waals surface area contributed by atoms with Crippen molar-refractivity contribution in [3.8, 4) is 17.2 Å². The molecule has 0 aliphatic heterocycles. The Hall–Kier alpha value is -3.49. The molecule has 0 aliphatic rings. The van der Waals surface area contributed by atoms with Gasteiger partial charge in [0, 0.05) is 24.8 Å². The number of methoxy groups -OCH3 is 3. The Bertz CT molecular complexity index is 1000. The van der Waals surface area contributed by atoms with Crippen molar-refractivity contribution in [1.29, 1.82) is 0 Å². The molecule has 1 aromatic carbocycles. The van der Waals surface area contributed by atoms with Crippen molar-refractivity contribution in [3.63, 3.8) is 0 Å².